The van der Waals surface area contributed by atoms with E-state index in [1.165, 1.54) is 50.2 Å². The number of alkyl halides is 2. The van der Waals surface area contributed by atoms with Gasteiger partial charge in [0.15, 0.2) is 0 Å². The number of rotatable bonds is 14. The van der Waals surface area contributed by atoms with E-state index >= 15 is 0 Å². The number of allylic oxidation sites excluding steroid dienone is 1. The van der Waals surface area contributed by atoms with Gasteiger partial charge in [0.25, 0.3) is 0 Å². The topological polar surface area (TPSA) is 219 Å². The Balaban J connectivity index is -0.00000113. The van der Waals surface area contributed by atoms with Gasteiger partial charge in [0.2, 0.25) is 5.24 Å². The van der Waals surface area contributed by atoms with Crippen LogP contribution in [0.4, 0.5) is 35.1 Å². The average molecular weight is 1870 g/mol. The molecule has 6 heterocycles. The van der Waals surface area contributed by atoms with Crippen LogP contribution in [0.2, 0.25) is 0 Å². The average Bonchev–Trinajstić information content (AvgIpc) is 0.866. The molecular formula is C77H76Cl3F8Ir2N7O8-4. The maximum absolute atomic E-state index is 13.2. The van der Waals surface area contributed by atoms with Gasteiger partial charge in [0.1, 0.15) is 18.0 Å². The van der Waals surface area contributed by atoms with Crippen molar-refractivity contribution in [2.45, 2.75) is 75.5 Å². The van der Waals surface area contributed by atoms with Gasteiger partial charge in [-0.15, -0.1) is 71.7 Å². The number of carboxylic acids is 2. The maximum Gasteiger partial charge on any atom is 0.354 e. The van der Waals surface area contributed by atoms with Crippen molar-refractivity contribution in [2.24, 2.45) is 0 Å². The number of hydrogen-bond donors (Lipinski definition) is 3. The summed E-state index contributed by atoms with van der Waals surface area (Å²) in [5.41, 5.74) is 4.42. The first-order valence-electron chi connectivity index (χ1n) is 30.9. The Morgan fingerprint density at radius 1 is 0.467 bits per heavy atom. The first-order valence-corrected chi connectivity index (χ1v) is 32.3. The van der Waals surface area contributed by atoms with Crippen molar-refractivity contribution >= 4 is 58.0 Å². The molecule has 0 aliphatic heterocycles. The number of pyridine rings is 6. The van der Waals surface area contributed by atoms with Gasteiger partial charge in [0.05, 0.1) is 11.9 Å². The van der Waals surface area contributed by atoms with Crippen molar-refractivity contribution in [2.75, 3.05) is 25.0 Å². The van der Waals surface area contributed by atoms with Crippen molar-refractivity contribution < 1.29 is 115 Å². The van der Waals surface area contributed by atoms with Gasteiger partial charge in [-0.1, -0.05) is 169 Å². The van der Waals surface area contributed by atoms with Crippen molar-refractivity contribution in [3.8, 4) is 45.0 Å². The Kier molecular flexibility index (Phi) is 56.4. The summed E-state index contributed by atoms with van der Waals surface area (Å²) in [5.74, 6) is -7.78. The van der Waals surface area contributed by atoms with Crippen molar-refractivity contribution in [1.82, 2.24) is 34.8 Å². The second-order valence-electron chi connectivity index (χ2n) is 19.0. The molecule has 0 aliphatic rings. The molecule has 0 amide bonds. The van der Waals surface area contributed by atoms with Gasteiger partial charge < -0.3 is 44.9 Å². The molecule has 0 atom stereocenters. The van der Waals surface area contributed by atoms with E-state index in [4.69, 9.17) is 54.9 Å². The molecule has 0 fully saturated rings. The molecular weight excluding hydrogens is 1790 g/mol. The van der Waals surface area contributed by atoms with Gasteiger partial charge in [0, 0.05) is 141 Å². The number of benzene rings is 4. The van der Waals surface area contributed by atoms with Gasteiger partial charge >= 0.3 is 17.9 Å². The number of carboxylic acid groups (broad SMARTS) is 2. The third-order valence-corrected chi connectivity index (χ3v) is 12.1. The van der Waals surface area contributed by atoms with E-state index < -0.39 is 69.7 Å². The second-order valence-corrected chi connectivity index (χ2v) is 20.2. The zero-order valence-corrected chi connectivity index (χ0v) is 65.4. The predicted molar refractivity (Wildman–Crippen MR) is 385 cm³/mol. The molecule has 10 rings (SSSR count). The summed E-state index contributed by atoms with van der Waals surface area (Å²) >= 11 is 14.4. The fourth-order valence-corrected chi connectivity index (χ4v) is 6.83. The number of halogens is 11. The zero-order chi connectivity index (χ0) is 77.8. The van der Waals surface area contributed by atoms with Crippen LogP contribution in [0.3, 0.4) is 0 Å². The summed E-state index contributed by atoms with van der Waals surface area (Å²) in [4.78, 5) is 67.1. The number of aromatic carboxylic acids is 2. The summed E-state index contributed by atoms with van der Waals surface area (Å²) in [6.07, 6.45) is 8.88. The Morgan fingerprint density at radius 2 is 0.733 bits per heavy atom. The Morgan fingerprint density at radius 3 is 0.905 bits per heavy atom. The molecule has 2 radical (unpaired) electrons. The summed E-state index contributed by atoms with van der Waals surface area (Å²) < 4.78 is 108. The number of esters is 1. The minimum Gasteiger partial charge on any atom is -0.477 e. The van der Waals surface area contributed by atoms with E-state index in [1.807, 2.05) is 27.7 Å². The zero-order valence-electron chi connectivity index (χ0n) is 58.3. The number of carbonyl (C=O) groups excluding carboxylic acids is 2. The predicted octanol–water partition coefficient (Wildman–Crippen LogP) is 19.1. The molecule has 105 heavy (non-hydrogen) atoms. The summed E-state index contributed by atoms with van der Waals surface area (Å²) in [6.45, 7) is 27.9. The minimum absolute atomic E-state index is 0. The van der Waals surface area contributed by atoms with Crippen LogP contribution in [-0.2, 0) is 67.8 Å². The van der Waals surface area contributed by atoms with Crippen LogP contribution in [-0.4, -0.2) is 98.2 Å². The number of ether oxygens (including phenoxy) is 1. The van der Waals surface area contributed by atoms with Crippen LogP contribution < -0.4 is 0 Å². The molecule has 0 spiro atoms. The number of carbonyl (C=O) groups is 4. The van der Waals surface area contributed by atoms with Crippen LogP contribution in [0.5, 0.6) is 0 Å². The fraction of sp³-hybridized carbons (Fsp3) is 0.195. The van der Waals surface area contributed by atoms with Crippen LogP contribution in [0.15, 0.2) is 207 Å². The van der Waals surface area contributed by atoms with Gasteiger partial charge in [-0.05, 0) is 110 Å². The monoisotopic (exact) mass is 1870 g/mol. The molecule has 3 N–H and O–H groups in total. The molecule has 0 bridgehead atoms. The Bertz CT molecular complexity index is 3740. The van der Waals surface area contributed by atoms with E-state index in [9.17, 15) is 54.3 Å². The first-order chi connectivity index (χ1) is 49.2. The number of aliphatic hydroxyl groups is 1. The molecule has 0 aliphatic carbocycles. The molecule has 4 aromatic carbocycles. The first kappa shape index (κ1) is 100. The SMILES string of the molecule is C=C(C)C(=O)Cl.C=C(C)C(=O)OCc1ccc(C(=O)O)nc1.CC.CC.CCN(CC)CC.ClCCl.Fc1c[c-]c(-c2ccccn2)c(F)c1.Fc1c[c-]c(-c2ccccn2)c(F)c1.Fc1c[c-]c(-c2ccccn2)c(F)c1.Fc1c[c-]c(-c2ccccn2)c(F)c1.O=C(O)c1ccc(CO)cn1.[Ir].[Ir]. The molecule has 10 aromatic rings. The third-order valence-electron chi connectivity index (χ3n) is 11.8. The van der Waals surface area contributed by atoms with Crippen molar-refractivity contribution in [1.29, 1.82) is 0 Å². The molecule has 0 saturated carbocycles. The summed E-state index contributed by atoms with van der Waals surface area (Å²) in [7, 11) is 0. The Hall–Kier alpha value is -9.13. The van der Waals surface area contributed by atoms with E-state index in [1.54, 1.807) is 117 Å². The largest absolute Gasteiger partial charge is 0.477 e. The summed E-state index contributed by atoms with van der Waals surface area (Å²) in [6, 6.07) is 43.9. The quantitative estimate of drug-likeness (QED) is 0.0230. The van der Waals surface area contributed by atoms with E-state index in [0.29, 0.717) is 45.0 Å². The molecule has 0 unspecified atom stereocenters. The van der Waals surface area contributed by atoms with Crippen LogP contribution in [0.1, 0.15) is 94.4 Å². The molecule has 15 nitrogen and oxygen atoms in total. The van der Waals surface area contributed by atoms with E-state index in [0.717, 1.165) is 48.5 Å². The Labute approximate surface area is 648 Å². The van der Waals surface area contributed by atoms with Gasteiger partial charge in [-0.3, -0.25) is 39.9 Å². The normalized spacial score (nSPS) is 9.28. The molecule has 0 saturated heterocycles. The standard InChI is InChI=1S/4C11H6F2N.C11H11NO4.C7H7NO3.C6H15N.C4H5ClO.2C2H6.CH2Cl2.2Ir/c4*12-8-4-5-9(10(13)7-8)11-3-1-2-6-14-11;1-7(2)11(15)16-6-8-3-4-9(10(13)14)12-5-8;9-4-5-1-2-6(7(10)11)8-3-5;1-4-7(5-2)6-3;1-3(2)4(5)6;2*1-2;2-1-3;;/h4*1-4,6-7H;3-5H,1,6H2,2H3,(H,13,14);1-3,9H,4H2,(H,10,11);4-6H2,1-3H3;1H2,2H3;2*1-2H3;1H2;;/q4*-1;;;;;;;;;. The second kappa shape index (κ2) is 59.2. The van der Waals surface area contributed by atoms with Crippen LogP contribution >= 0.6 is 34.8 Å². The smallest absolute Gasteiger partial charge is 0.354 e. The minimum atomic E-state index is -1.09. The fourth-order valence-electron chi connectivity index (χ4n) is 6.83. The molecule has 566 valence electrons. The van der Waals surface area contributed by atoms with Crippen LogP contribution in [0.25, 0.3) is 45.0 Å². The number of nitrogens with zero attached hydrogens (tertiary/aromatic N) is 7. The number of aliphatic hydroxyl groups excluding tert-OH is 1. The third kappa shape index (κ3) is 41.8. The van der Waals surface area contributed by atoms with E-state index in [-0.39, 0.29) is 92.4 Å². The van der Waals surface area contributed by atoms with Crippen LogP contribution in [0, 0.1) is 70.8 Å². The summed E-state index contributed by atoms with van der Waals surface area (Å²) in [5, 5.41) is 25.3. The van der Waals surface area contributed by atoms with Gasteiger partial charge in [-0.25, -0.2) is 24.4 Å². The van der Waals surface area contributed by atoms with Crippen molar-refractivity contribution in [3.05, 3.63) is 300 Å². The molecule has 28 heteroatoms. The number of aromatic nitrogens is 6. The van der Waals surface area contributed by atoms with Crippen molar-refractivity contribution in [3.63, 3.8) is 0 Å². The number of hydrogen-bond acceptors (Lipinski definition) is 13. The van der Waals surface area contributed by atoms with E-state index in [2.05, 4.69) is 93.0 Å². The molecule has 6 aromatic heterocycles. The maximum atomic E-state index is 13.2. The van der Waals surface area contributed by atoms with Gasteiger partial charge in [-0.2, -0.15) is 0 Å².